The van der Waals surface area contributed by atoms with Crippen LogP contribution in [0, 0.1) is 0 Å². The summed E-state index contributed by atoms with van der Waals surface area (Å²) in [7, 11) is 1.83. The largest absolute Gasteiger partial charge is 0.310 e. The van der Waals surface area contributed by atoms with Crippen LogP contribution in [0.3, 0.4) is 0 Å². The molecule has 0 aliphatic heterocycles. The van der Waals surface area contributed by atoms with E-state index in [1.54, 1.807) is 0 Å². The Labute approximate surface area is 152 Å². The molecule has 0 amide bonds. The first-order valence-corrected chi connectivity index (χ1v) is 8.97. The molecule has 1 heterocycles. The van der Waals surface area contributed by atoms with Gasteiger partial charge in [0, 0.05) is 6.42 Å². The van der Waals surface area contributed by atoms with E-state index in [9.17, 15) is 4.79 Å². The second-order valence-electron chi connectivity index (χ2n) is 6.60. The van der Waals surface area contributed by atoms with Crippen LogP contribution in [0.5, 0.6) is 0 Å². The number of benzene rings is 3. The molecule has 4 nitrogen and oxygen atoms in total. The van der Waals surface area contributed by atoms with E-state index in [0.717, 1.165) is 33.0 Å². The van der Waals surface area contributed by atoms with Crippen LogP contribution in [0.25, 0.3) is 32.8 Å². The van der Waals surface area contributed by atoms with E-state index in [1.165, 1.54) is 5.39 Å². The number of rotatable bonds is 5. The van der Waals surface area contributed by atoms with E-state index in [4.69, 9.17) is 9.97 Å². The molecule has 0 spiro atoms. The lowest BCUT2D eigenvalue weighted by atomic mass is 10.0. The molecule has 26 heavy (non-hydrogen) atoms. The van der Waals surface area contributed by atoms with Gasteiger partial charge in [0.05, 0.1) is 28.1 Å². The lowest BCUT2D eigenvalue weighted by Gasteiger charge is -2.14. The van der Waals surface area contributed by atoms with Crippen molar-refractivity contribution >= 4 is 38.6 Å². The van der Waals surface area contributed by atoms with Gasteiger partial charge in [0.2, 0.25) is 0 Å². The monoisotopic (exact) mass is 343 g/mol. The maximum absolute atomic E-state index is 12.0. The SMILES string of the molecule is CCC(=O)C(Cc1ccc2nc3cc4ccccc4cc3nc2c1)NC. The van der Waals surface area contributed by atoms with Gasteiger partial charge in [0.15, 0.2) is 0 Å². The predicted molar refractivity (Wildman–Crippen MR) is 106 cm³/mol. The van der Waals surface area contributed by atoms with Crippen molar-refractivity contribution in [1.29, 1.82) is 0 Å². The van der Waals surface area contributed by atoms with Crippen molar-refractivity contribution < 1.29 is 4.79 Å². The lowest BCUT2D eigenvalue weighted by molar-refractivity contribution is -0.120. The van der Waals surface area contributed by atoms with Gasteiger partial charge in [-0.2, -0.15) is 0 Å². The molecule has 1 unspecified atom stereocenters. The number of nitrogens with one attached hydrogen (secondary N) is 1. The average molecular weight is 343 g/mol. The normalized spacial score (nSPS) is 12.7. The fraction of sp³-hybridized carbons (Fsp3) is 0.227. The first-order valence-electron chi connectivity index (χ1n) is 8.97. The lowest BCUT2D eigenvalue weighted by Crippen LogP contribution is -2.35. The van der Waals surface area contributed by atoms with Gasteiger partial charge in [0.1, 0.15) is 5.78 Å². The van der Waals surface area contributed by atoms with Gasteiger partial charge in [0.25, 0.3) is 0 Å². The van der Waals surface area contributed by atoms with Crippen LogP contribution in [0.2, 0.25) is 0 Å². The Morgan fingerprint density at radius 2 is 1.54 bits per heavy atom. The van der Waals surface area contributed by atoms with Crippen molar-refractivity contribution in [3.05, 3.63) is 60.2 Å². The number of carbonyl (C=O) groups excluding carboxylic acids is 1. The zero-order valence-electron chi connectivity index (χ0n) is 15.0. The number of nitrogens with zero attached hydrogens (tertiary/aromatic N) is 2. The molecule has 4 aromatic rings. The smallest absolute Gasteiger partial charge is 0.149 e. The Morgan fingerprint density at radius 3 is 2.15 bits per heavy atom. The Kier molecular flexibility index (Phi) is 4.35. The van der Waals surface area contributed by atoms with E-state index >= 15 is 0 Å². The van der Waals surface area contributed by atoms with Crippen LogP contribution in [0.1, 0.15) is 18.9 Å². The third-order valence-electron chi connectivity index (χ3n) is 4.89. The second kappa shape index (κ2) is 6.81. The summed E-state index contributed by atoms with van der Waals surface area (Å²) >= 11 is 0. The summed E-state index contributed by atoms with van der Waals surface area (Å²) in [5, 5.41) is 5.44. The molecule has 0 aliphatic carbocycles. The molecule has 0 saturated heterocycles. The molecular weight excluding hydrogens is 322 g/mol. The van der Waals surface area contributed by atoms with E-state index in [1.807, 2.05) is 44.3 Å². The molecule has 130 valence electrons. The number of carbonyl (C=O) groups is 1. The van der Waals surface area contributed by atoms with Crippen LogP contribution < -0.4 is 5.32 Å². The van der Waals surface area contributed by atoms with Gasteiger partial charge in [-0.15, -0.1) is 0 Å². The number of hydrogen-bond donors (Lipinski definition) is 1. The van der Waals surface area contributed by atoms with Crippen molar-refractivity contribution in [1.82, 2.24) is 15.3 Å². The third kappa shape index (κ3) is 3.04. The number of likely N-dealkylation sites (N-methyl/N-ethyl adjacent to an activating group) is 1. The Morgan fingerprint density at radius 1 is 0.923 bits per heavy atom. The minimum Gasteiger partial charge on any atom is -0.310 e. The first kappa shape index (κ1) is 16.6. The zero-order valence-corrected chi connectivity index (χ0v) is 15.0. The minimum atomic E-state index is -0.158. The predicted octanol–water partition coefficient (Wildman–Crippen LogP) is 4.05. The molecule has 0 aliphatic rings. The number of aromatic nitrogens is 2. The van der Waals surface area contributed by atoms with E-state index in [0.29, 0.717) is 12.8 Å². The summed E-state index contributed by atoms with van der Waals surface area (Å²) in [5.74, 6) is 0.226. The molecule has 1 atom stereocenters. The molecule has 1 aromatic heterocycles. The van der Waals surface area contributed by atoms with Crippen LogP contribution in [-0.4, -0.2) is 28.8 Å². The highest BCUT2D eigenvalue weighted by Crippen LogP contribution is 2.23. The first-order chi connectivity index (χ1) is 12.7. The quantitative estimate of drug-likeness (QED) is 0.556. The fourth-order valence-electron chi connectivity index (χ4n) is 3.39. The highest BCUT2D eigenvalue weighted by Gasteiger charge is 2.15. The highest BCUT2D eigenvalue weighted by atomic mass is 16.1. The maximum atomic E-state index is 12.0. The molecular formula is C22H21N3O. The summed E-state index contributed by atoms with van der Waals surface area (Å²) in [6.45, 7) is 1.90. The summed E-state index contributed by atoms with van der Waals surface area (Å²) in [6, 6.07) is 18.3. The summed E-state index contributed by atoms with van der Waals surface area (Å²) in [6.07, 6.45) is 1.20. The molecule has 4 heteroatoms. The summed E-state index contributed by atoms with van der Waals surface area (Å²) in [4.78, 5) is 21.6. The Hall–Kier alpha value is -2.85. The molecule has 0 saturated carbocycles. The van der Waals surface area contributed by atoms with Crippen molar-refractivity contribution in [2.24, 2.45) is 0 Å². The van der Waals surface area contributed by atoms with E-state index in [2.05, 4.69) is 29.6 Å². The number of ketones is 1. The van der Waals surface area contributed by atoms with Gasteiger partial charge >= 0.3 is 0 Å². The van der Waals surface area contributed by atoms with Crippen LogP contribution in [0.15, 0.2) is 54.6 Å². The van der Waals surface area contributed by atoms with Gasteiger partial charge in [-0.05, 0) is 54.1 Å². The zero-order chi connectivity index (χ0) is 18.1. The fourth-order valence-corrected chi connectivity index (χ4v) is 3.39. The Bertz CT molecular complexity index is 1120. The molecule has 4 rings (SSSR count). The van der Waals surface area contributed by atoms with Crippen molar-refractivity contribution in [2.75, 3.05) is 7.05 Å². The van der Waals surface area contributed by atoms with Crippen molar-refractivity contribution in [2.45, 2.75) is 25.8 Å². The van der Waals surface area contributed by atoms with Gasteiger partial charge in [-0.3, -0.25) is 4.79 Å². The maximum Gasteiger partial charge on any atom is 0.149 e. The molecule has 0 bridgehead atoms. The Balaban J connectivity index is 1.78. The van der Waals surface area contributed by atoms with Crippen LogP contribution in [0.4, 0.5) is 0 Å². The summed E-state index contributed by atoms with van der Waals surface area (Å²) in [5.41, 5.74) is 4.62. The van der Waals surface area contributed by atoms with E-state index < -0.39 is 0 Å². The second-order valence-corrected chi connectivity index (χ2v) is 6.60. The van der Waals surface area contributed by atoms with Gasteiger partial charge in [-0.25, -0.2) is 9.97 Å². The van der Waals surface area contributed by atoms with Crippen LogP contribution >= 0.6 is 0 Å². The van der Waals surface area contributed by atoms with Crippen molar-refractivity contribution in [3.8, 4) is 0 Å². The van der Waals surface area contributed by atoms with Gasteiger partial charge in [-0.1, -0.05) is 37.3 Å². The number of hydrogen-bond acceptors (Lipinski definition) is 4. The molecule has 1 N–H and O–H groups in total. The average Bonchev–Trinajstić information content (AvgIpc) is 2.68. The topological polar surface area (TPSA) is 54.9 Å². The molecule has 3 aromatic carbocycles. The third-order valence-corrected chi connectivity index (χ3v) is 4.89. The number of fused-ring (bicyclic) bond motifs is 3. The molecule has 0 radical (unpaired) electrons. The summed E-state index contributed by atoms with van der Waals surface area (Å²) < 4.78 is 0. The van der Waals surface area contributed by atoms with Crippen molar-refractivity contribution in [3.63, 3.8) is 0 Å². The molecule has 0 fully saturated rings. The van der Waals surface area contributed by atoms with Gasteiger partial charge < -0.3 is 5.32 Å². The highest BCUT2D eigenvalue weighted by molar-refractivity contribution is 5.97. The standard InChI is InChI=1S/C22H21N3O/c1-3-22(26)21(23-2)11-14-8-9-17-18(10-14)25-20-13-16-7-5-4-6-15(16)12-19(20)24-17/h4-10,12-13,21,23H,3,11H2,1-2H3. The minimum absolute atomic E-state index is 0.158. The van der Waals surface area contributed by atoms with Crippen LogP contribution in [-0.2, 0) is 11.2 Å². The van der Waals surface area contributed by atoms with E-state index in [-0.39, 0.29) is 11.8 Å². The number of Topliss-reactive ketones (excluding diaryl/α,β-unsaturated/α-hetero) is 1.